The fraction of sp³-hybridized carbons (Fsp3) is 0.400. The Hall–Kier alpha value is -1.27. The lowest BCUT2D eigenvalue weighted by molar-refractivity contribution is 0.171. The van der Waals surface area contributed by atoms with E-state index < -0.39 is 0 Å². The van der Waals surface area contributed by atoms with Gasteiger partial charge in [0.15, 0.2) is 11.5 Å². The molecule has 1 aliphatic heterocycles. The number of nitrogens with zero attached hydrogens (tertiary/aromatic N) is 1. The molecule has 0 fully saturated rings. The molecule has 2 aromatic rings. The highest BCUT2D eigenvalue weighted by Crippen LogP contribution is 2.39. The van der Waals surface area contributed by atoms with Crippen LogP contribution < -0.4 is 14.8 Å². The van der Waals surface area contributed by atoms with Crippen LogP contribution in [0, 0.1) is 13.8 Å². The highest BCUT2D eigenvalue weighted by molar-refractivity contribution is 9.10. The summed E-state index contributed by atoms with van der Waals surface area (Å²) in [5.74, 6) is 1.58. The lowest BCUT2D eigenvalue weighted by atomic mass is 10.2. The second kappa shape index (κ2) is 5.85. The number of nitrogens with one attached hydrogen (secondary N) is 1. The Morgan fingerprint density at radius 1 is 1.24 bits per heavy atom. The van der Waals surface area contributed by atoms with E-state index in [4.69, 9.17) is 9.47 Å². The van der Waals surface area contributed by atoms with Crippen LogP contribution in [-0.4, -0.2) is 18.2 Å². The predicted octanol–water partition coefficient (Wildman–Crippen LogP) is 4.47. The first-order valence-electron chi connectivity index (χ1n) is 6.84. The molecule has 0 saturated heterocycles. The maximum Gasteiger partial charge on any atom is 0.163 e. The second-order valence-corrected chi connectivity index (χ2v) is 7.11. The molecule has 6 heteroatoms. The number of rotatable bonds is 3. The van der Waals surface area contributed by atoms with Crippen molar-refractivity contribution in [3.8, 4) is 11.5 Å². The molecule has 0 spiro atoms. The molecule has 0 radical (unpaired) electrons. The maximum atomic E-state index is 5.64. The average Bonchev–Trinajstić information content (AvgIpc) is 2.78. The molecule has 1 aromatic heterocycles. The number of benzene rings is 1. The van der Waals surface area contributed by atoms with Crippen molar-refractivity contribution >= 4 is 33.0 Å². The van der Waals surface area contributed by atoms with Crippen molar-refractivity contribution in [1.29, 1.82) is 0 Å². The molecule has 4 nitrogen and oxygen atoms in total. The number of ether oxygens (including phenoxy) is 2. The van der Waals surface area contributed by atoms with E-state index in [1.54, 1.807) is 11.3 Å². The van der Waals surface area contributed by atoms with Crippen molar-refractivity contribution in [2.45, 2.75) is 26.8 Å². The van der Waals surface area contributed by atoms with Gasteiger partial charge in [-0.25, -0.2) is 4.98 Å². The van der Waals surface area contributed by atoms with E-state index >= 15 is 0 Å². The molecule has 1 N–H and O–H groups in total. The van der Waals surface area contributed by atoms with Crippen LogP contribution in [0.4, 0.5) is 5.69 Å². The van der Waals surface area contributed by atoms with Gasteiger partial charge in [-0.1, -0.05) is 0 Å². The van der Waals surface area contributed by atoms with Gasteiger partial charge in [-0.05, 0) is 36.7 Å². The Morgan fingerprint density at radius 2 is 1.90 bits per heavy atom. The Balaban J connectivity index is 1.86. The summed E-state index contributed by atoms with van der Waals surface area (Å²) in [6.45, 7) is 7.42. The Bertz CT molecular complexity index is 672. The van der Waals surface area contributed by atoms with Gasteiger partial charge in [0, 0.05) is 21.5 Å². The third kappa shape index (κ3) is 3.01. The molecule has 1 unspecified atom stereocenters. The van der Waals surface area contributed by atoms with Gasteiger partial charge in [0.25, 0.3) is 0 Å². The first-order chi connectivity index (χ1) is 10.0. The molecular weight excluding hydrogens is 352 g/mol. The second-order valence-electron chi connectivity index (χ2n) is 5.02. The fourth-order valence-electron chi connectivity index (χ4n) is 2.42. The molecule has 21 heavy (non-hydrogen) atoms. The van der Waals surface area contributed by atoms with Crippen LogP contribution in [0.3, 0.4) is 0 Å². The topological polar surface area (TPSA) is 43.4 Å². The summed E-state index contributed by atoms with van der Waals surface area (Å²) < 4.78 is 12.2. The lowest BCUT2D eigenvalue weighted by Gasteiger charge is -2.22. The molecule has 1 aliphatic rings. The summed E-state index contributed by atoms with van der Waals surface area (Å²) in [6.07, 6.45) is 0. The highest BCUT2D eigenvalue weighted by Gasteiger charge is 2.18. The Kier molecular flexibility index (Phi) is 4.08. The number of thiazole rings is 1. The molecule has 1 aromatic carbocycles. The van der Waals surface area contributed by atoms with E-state index in [1.165, 1.54) is 4.88 Å². The summed E-state index contributed by atoms with van der Waals surface area (Å²) in [6, 6.07) is 4.13. The molecule has 112 valence electrons. The molecule has 3 rings (SSSR count). The van der Waals surface area contributed by atoms with Gasteiger partial charge in [0.05, 0.1) is 22.4 Å². The number of hydrogen-bond acceptors (Lipinski definition) is 5. The van der Waals surface area contributed by atoms with Crippen LogP contribution in [0.15, 0.2) is 16.6 Å². The van der Waals surface area contributed by atoms with Crippen LogP contribution in [-0.2, 0) is 0 Å². The molecule has 0 bridgehead atoms. The zero-order chi connectivity index (χ0) is 15.0. The predicted molar refractivity (Wildman–Crippen MR) is 88.8 cm³/mol. The van der Waals surface area contributed by atoms with Crippen molar-refractivity contribution in [1.82, 2.24) is 4.98 Å². The minimum atomic E-state index is 0.190. The number of hydrogen-bond donors (Lipinski definition) is 1. The summed E-state index contributed by atoms with van der Waals surface area (Å²) >= 11 is 5.32. The normalized spacial score (nSPS) is 14.9. The molecule has 0 aliphatic carbocycles. The monoisotopic (exact) mass is 368 g/mol. The fourth-order valence-corrected chi connectivity index (χ4v) is 3.79. The third-order valence-electron chi connectivity index (χ3n) is 3.34. The van der Waals surface area contributed by atoms with Gasteiger partial charge in [0.1, 0.15) is 13.2 Å². The van der Waals surface area contributed by atoms with Crippen LogP contribution in [0.25, 0.3) is 0 Å². The van der Waals surface area contributed by atoms with Crippen molar-refractivity contribution in [2.75, 3.05) is 18.5 Å². The molecule has 2 heterocycles. The van der Waals surface area contributed by atoms with Crippen molar-refractivity contribution < 1.29 is 9.47 Å². The van der Waals surface area contributed by atoms with E-state index in [1.807, 2.05) is 19.1 Å². The molecular formula is C15H17BrN2O2S. The quantitative estimate of drug-likeness (QED) is 0.867. The number of anilines is 1. The molecule has 1 atom stereocenters. The molecule has 0 saturated carbocycles. The third-order valence-corrected chi connectivity index (χ3v) is 5.25. The maximum absolute atomic E-state index is 5.64. The van der Waals surface area contributed by atoms with Gasteiger partial charge < -0.3 is 14.8 Å². The van der Waals surface area contributed by atoms with Crippen molar-refractivity contribution in [3.63, 3.8) is 0 Å². The Morgan fingerprint density at radius 3 is 2.52 bits per heavy atom. The van der Waals surface area contributed by atoms with Crippen LogP contribution >= 0.6 is 27.3 Å². The highest BCUT2D eigenvalue weighted by atomic mass is 79.9. The smallest absolute Gasteiger partial charge is 0.163 e. The van der Waals surface area contributed by atoms with Crippen molar-refractivity contribution in [3.05, 3.63) is 32.2 Å². The summed E-state index contributed by atoms with van der Waals surface area (Å²) in [4.78, 5) is 5.75. The van der Waals surface area contributed by atoms with Gasteiger partial charge in [-0.3, -0.25) is 0 Å². The van der Waals surface area contributed by atoms with Crippen LogP contribution in [0.2, 0.25) is 0 Å². The Labute approximate surface area is 136 Å². The average molecular weight is 369 g/mol. The standard InChI is InChI=1S/C15H17BrN2O2S/c1-8-15(21-10(3)17-8)9(2)18-12-7-14-13(6-11(12)16)19-4-5-20-14/h6-7,9,18H,4-5H2,1-3H3. The summed E-state index contributed by atoms with van der Waals surface area (Å²) in [7, 11) is 0. The largest absolute Gasteiger partial charge is 0.486 e. The van der Waals surface area contributed by atoms with Gasteiger partial charge in [0.2, 0.25) is 0 Å². The first kappa shape index (κ1) is 14.7. The van der Waals surface area contributed by atoms with E-state index in [9.17, 15) is 0 Å². The summed E-state index contributed by atoms with van der Waals surface area (Å²) in [5.41, 5.74) is 2.09. The van der Waals surface area contributed by atoms with E-state index in [-0.39, 0.29) is 6.04 Å². The lowest BCUT2D eigenvalue weighted by Crippen LogP contribution is -2.16. The zero-order valence-electron chi connectivity index (χ0n) is 12.2. The number of aromatic nitrogens is 1. The summed E-state index contributed by atoms with van der Waals surface area (Å²) in [5, 5.41) is 4.61. The van der Waals surface area contributed by atoms with Crippen molar-refractivity contribution in [2.24, 2.45) is 0 Å². The minimum Gasteiger partial charge on any atom is -0.486 e. The van der Waals surface area contributed by atoms with E-state index in [0.29, 0.717) is 13.2 Å². The number of aryl methyl sites for hydroxylation is 2. The van der Waals surface area contributed by atoms with Gasteiger partial charge in [-0.15, -0.1) is 11.3 Å². The van der Waals surface area contributed by atoms with E-state index in [0.717, 1.165) is 32.4 Å². The van der Waals surface area contributed by atoms with Crippen LogP contribution in [0.1, 0.15) is 28.5 Å². The minimum absolute atomic E-state index is 0.190. The number of halogens is 1. The van der Waals surface area contributed by atoms with E-state index in [2.05, 4.69) is 40.1 Å². The van der Waals surface area contributed by atoms with Gasteiger partial charge >= 0.3 is 0 Å². The molecule has 0 amide bonds. The number of fused-ring (bicyclic) bond motifs is 1. The van der Waals surface area contributed by atoms with Gasteiger partial charge in [-0.2, -0.15) is 0 Å². The van der Waals surface area contributed by atoms with Crippen LogP contribution in [0.5, 0.6) is 11.5 Å². The zero-order valence-corrected chi connectivity index (χ0v) is 14.6. The first-order valence-corrected chi connectivity index (χ1v) is 8.45. The SMILES string of the molecule is Cc1nc(C)c(C(C)Nc2cc3c(cc2Br)OCCO3)s1.